The van der Waals surface area contributed by atoms with Crippen molar-refractivity contribution in [1.29, 1.82) is 0 Å². The Labute approximate surface area is 81.9 Å². The maximum atomic E-state index is 5.92. The van der Waals surface area contributed by atoms with E-state index in [0.29, 0.717) is 10.2 Å². The third-order valence-corrected chi connectivity index (χ3v) is 2.20. The van der Waals surface area contributed by atoms with E-state index in [2.05, 4.69) is 9.97 Å². The number of hydrogen-bond acceptors (Lipinski definition) is 2. The smallest absolute Gasteiger partial charge is 0.151 e. The van der Waals surface area contributed by atoms with Gasteiger partial charge in [0.2, 0.25) is 0 Å². The van der Waals surface area contributed by atoms with E-state index in [4.69, 9.17) is 23.2 Å². The van der Waals surface area contributed by atoms with Gasteiger partial charge in [-0.25, -0.2) is 9.97 Å². The molecule has 0 atom stereocenters. The predicted octanol–water partition coefficient (Wildman–Crippen LogP) is 3.08. The number of hydrogen-bond donors (Lipinski definition) is 0. The first kappa shape index (κ1) is 9.75. The third kappa shape index (κ3) is 1.87. The van der Waals surface area contributed by atoms with Gasteiger partial charge in [-0.3, -0.25) is 0 Å². The molecule has 0 aliphatic heterocycles. The van der Waals surface area contributed by atoms with Gasteiger partial charge in [0.1, 0.15) is 11.3 Å². The Morgan fingerprint density at radius 2 is 1.75 bits per heavy atom. The topological polar surface area (TPSA) is 25.8 Å². The maximum absolute atomic E-state index is 5.92. The minimum atomic E-state index is -0.0936. The van der Waals surface area contributed by atoms with Gasteiger partial charge in [0.15, 0.2) is 5.15 Å². The zero-order valence-corrected chi connectivity index (χ0v) is 8.74. The Kier molecular flexibility index (Phi) is 2.59. The highest BCUT2D eigenvalue weighted by Gasteiger charge is 2.20. The number of halogens is 2. The lowest BCUT2D eigenvalue weighted by molar-refractivity contribution is 0.567. The Bertz CT molecular complexity index is 292. The molecule has 0 N–H and O–H groups in total. The van der Waals surface area contributed by atoms with Crippen LogP contribution in [-0.2, 0) is 5.41 Å². The van der Waals surface area contributed by atoms with Crippen molar-refractivity contribution in [2.75, 3.05) is 0 Å². The lowest BCUT2D eigenvalue weighted by Crippen LogP contribution is -2.14. The van der Waals surface area contributed by atoms with Gasteiger partial charge >= 0.3 is 0 Å². The van der Waals surface area contributed by atoms with Gasteiger partial charge in [-0.15, -0.1) is 0 Å². The molecule has 4 heteroatoms. The molecular weight excluding hydrogens is 195 g/mol. The van der Waals surface area contributed by atoms with Crippen molar-refractivity contribution in [2.24, 2.45) is 0 Å². The van der Waals surface area contributed by atoms with Gasteiger partial charge in [-0.2, -0.15) is 0 Å². The molecule has 1 aromatic rings. The third-order valence-electron chi connectivity index (χ3n) is 1.46. The zero-order valence-electron chi connectivity index (χ0n) is 7.23. The molecule has 1 rings (SSSR count). The lowest BCUT2D eigenvalue weighted by atomic mass is 9.92. The maximum Gasteiger partial charge on any atom is 0.151 e. The molecule has 0 saturated carbocycles. The summed E-state index contributed by atoms with van der Waals surface area (Å²) in [5.41, 5.74) is 0.688. The van der Waals surface area contributed by atoms with Crippen LogP contribution in [0.15, 0.2) is 6.33 Å². The van der Waals surface area contributed by atoms with Crippen molar-refractivity contribution in [3.63, 3.8) is 0 Å². The van der Waals surface area contributed by atoms with Crippen LogP contribution < -0.4 is 0 Å². The van der Waals surface area contributed by atoms with Crippen LogP contribution in [0.3, 0.4) is 0 Å². The summed E-state index contributed by atoms with van der Waals surface area (Å²) in [5, 5.41) is 0.767. The zero-order chi connectivity index (χ0) is 9.35. The summed E-state index contributed by atoms with van der Waals surface area (Å²) in [6.45, 7) is 6.08. The van der Waals surface area contributed by atoms with Crippen LogP contribution in [0.4, 0.5) is 0 Å². The van der Waals surface area contributed by atoms with E-state index in [1.165, 1.54) is 6.33 Å². The van der Waals surface area contributed by atoms with Crippen LogP contribution in [0.2, 0.25) is 10.2 Å². The normalized spacial score (nSPS) is 11.8. The average molecular weight is 205 g/mol. The molecule has 0 spiro atoms. The van der Waals surface area contributed by atoms with Crippen LogP contribution in [0.5, 0.6) is 0 Å². The fraction of sp³-hybridized carbons (Fsp3) is 0.500. The van der Waals surface area contributed by atoms with Crippen molar-refractivity contribution in [3.8, 4) is 0 Å². The van der Waals surface area contributed by atoms with E-state index in [0.717, 1.165) is 5.69 Å². The summed E-state index contributed by atoms with van der Waals surface area (Å²) >= 11 is 11.7. The molecule has 0 amide bonds. The van der Waals surface area contributed by atoms with E-state index in [1.807, 2.05) is 20.8 Å². The summed E-state index contributed by atoms with van der Waals surface area (Å²) < 4.78 is 0. The van der Waals surface area contributed by atoms with Crippen LogP contribution >= 0.6 is 23.2 Å². The molecule has 0 unspecified atom stereocenters. The highest BCUT2D eigenvalue weighted by atomic mass is 35.5. The monoisotopic (exact) mass is 204 g/mol. The molecule has 66 valence electrons. The van der Waals surface area contributed by atoms with Gasteiger partial charge in [-0.05, 0) is 0 Å². The number of nitrogens with zero attached hydrogens (tertiary/aromatic N) is 2. The minimum absolute atomic E-state index is 0.0936. The van der Waals surface area contributed by atoms with Gasteiger partial charge in [0.25, 0.3) is 0 Å². The van der Waals surface area contributed by atoms with E-state index in [9.17, 15) is 0 Å². The second kappa shape index (κ2) is 3.19. The highest BCUT2D eigenvalue weighted by Crippen LogP contribution is 2.30. The average Bonchev–Trinajstić information content (AvgIpc) is 1.92. The Morgan fingerprint density at radius 1 is 1.17 bits per heavy atom. The summed E-state index contributed by atoms with van der Waals surface area (Å²) in [7, 11) is 0. The second-order valence-corrected chi connectivity index (χ2v) is 4.31. The molecular formula is C8H10Cl2N2. The highest BCUT2D eigenvalue weighted by molar-refractivity contribution is 6.41. The lowest BCUT2D eigenvalue weighted by Gasteiger charge is -2.18. The van der Waals surface area contributed by atoms with Crippen molar-refractivity contribution in [2.45, 2.75) is 26.2 Å². The summed E-state index contributed by atoms with van der Waals surface area (Å²) in [5.74, 6) is 0. The van der Waals surface area contributed by atoms with Crippen molar-refractivity contribution in [1.82, 2.24) is 9.97 Å². The van der Waals surface area contributed by atoms with E-state index < -0.39 is 0 Å². The van der Waals surface area contributed by atoms with Crippen LogP contribution in [0, 0.1) is 0 Å². The molecule has 12 heavy (non-hydrogen) atoms. The van der Waals surface area contributed by atoms with Gasteiger partial charge in [0.05, 0.1) is 5.69 Å². The van der Waals surface area contributed by atoms with E-state index >= 15 is 0 Å². The summed E-state index contributed by atoms with van der Waals surface area (Å²) in [6, 6.07) is 0. The molecule has 1 heterocycles. The molecule has 0 aliphatic rings. The molecule has 0 aromatic carbocycles. The molecule has 0 bridgehead atoms. The Balaban J connectivity index is 3.26. The molecule has 1 aromatic heterocycles. The van der Waals surface area contributed by atoms with Gasteiger partial charge in [0, 0.05) is 5.41 Å². The van der Waals surface area contributed by atoms with Crippen molar-refractivity contribution >= 4 is 23.2 Å². The van der Waals surface area contributed by atoms with Crippen molar-refractivity contribution in [3.05, 3.63) is 22.2 Å². The summed E-state index contributed by atoms with van der Waals surface area (Å²) in [6.07, 6.45) is 1.43. The first-order valence-corrected chi connectivity index (χ1v) is 4.35. The standard InChI is InChI=1S/C8H10Cl2N2/c1-8(2,3)6-5(9)7(10)12-4-11-6/h4H,1-3H3. The number of rotatable bonds is 0. The van der Waals surface area contributed by atoms with Crippen LogP contribution in [0.1, 0.15) is 26.5 Å². The number of aromatic nitrogens is 2. The largest absolute Gasteiger partial charge is 0.239 e. The second-order valence-electron chi connectivity index (χ2n) is 3.58. The Hall–Kier alpha value is -0.340. The summed E-state index contributed by atoms with van der Waals surface area (Å²) in [4.78, 5) is 7.86. The van der Waals surface area contributed by atoms with Gasteiger partial charge < -0.3 is 0 Å². The fourth-order valence-electron chi connectivity index (χ4n) is 0.871. The van der Waals surface area contributed by atoms with Crippen LogP contribution in [0.25, 0.3) is 0 Å². The van der Waals surface area contributed by atoms with E-state index in [1.54, 1.807) is 0 Å². The molecule has 2 nitrogen and oxygen atoms in total. The molecule has 0 aliphatic carbocycles. The molecule has 0 saturated heterocycles. The first-order valence-electron chi connectivity index (χ1n) is 3.59. The Morgan fingerprint density at radius 3 is 2.17 bits per heavy atom. The predicted molar refractivity (Wildman–Crippen MR) is 50.8 cm³/mol. The molecule has 0 fully saturated rings. The fourth-order valence-corrected chi connectivity index (χ4v) is 1.39. The van der Waals surface area contributed by atoms with E-state index in [-0.39, 0.29) is 5.41 Å². The SMILES string of the molecule is CC(C)(C)c1ncnc(Cl)c1Cl. The van der Waals surface area contributed by atoms with Gasteiger partial charge in [-0.1, -0.05) is 44.0 Å². The molecule has 0 radical (unpaired) electrons. The van der Waals surface area contributed by atoms with Crippen molar-refractivity contribution < 1.29 is 0 Å². The minimum Gasteiger partial charge on any atom is -0.239 e. The van der Waals surface area contributed by atoms with Crippen LogP contribution in [-0.4, -0.2) is 9.97 Å². The quantitative estimate of drug-likeness (QED) is 0.608. The first-order chi connectivity index (χ1) is 5.43.